The fourth-order valence-corrected chi connectivity index (χ4v) is 1.51. The maximum atomic E-state index is 8.54. The van der Waals surface area contributed by atoms with E-state index in [1.807, 2.05) is 36.2 Å². The summed E-state index contributed by atoms with van der Waals surface area (Å²) in [6.45, 7) is 1.42. The minimum atomic E-state index is -0.427. The van der Waals surface area contributed by atoms with Crippen LogP contribution in [0.15, 0.2) is 30.3 Å². The zero-order valence-electron chi connectivity index (χ0n) is 8.15. The molecule has 74 valence electrons. The number of nitriles is 1. The van der Waals surface area contributed by atoms with E-state index in [0.717, 1.165) is 6.54 Å². The molecule has 0 N–H and O–H groups in total. The van der Waals surface area contributed by atoms with Crippen molar-refractivity contribution in [3.05, 3.63) is 35.9 Å². The van der Waals surface area contributed by atoms with Crippen molar-refractivity contribution in [1.29, 1.82) is 5.26 Å². The first kappa shape index (κ1) is 11.0. The first-order valence-electron chi connectivity index (χ1n) is 4.48. The Kier molecular flexibility index (Phi) is 4.45. The molecule has 1 unspecified atom stereocenters. The molecule has 1 aromatic rings. The third kappa shape index (κ3) is 3.78. The Morgan fingerprint density at radius 2 is 2.07 bits per heavy atom. The average molecular weight is 209 g/mol. The molecule has 0 heterocycles. The van der Waals surface area contributed by atoms with Crippen molar-refractivity contribution >= 4 is 11.6 Å². The van der Waals surface area contributed by atoms with Gasteiger partial charge in [0, 0.05) is 13.1 Å². The maximum Gasteiger partial charge on any atom is 0.133 e. The summed E-state index contributed by atoms with van der Waals surface area (Å²) >= 11 is 5.72. The highest BCUT2D eigenvalue weighted by Crippen LogP contribution is 2.04. The van der Waals surface area contributed by atoms with Gasteiger partial charge >= 0.3 is 0 Å². The van der Waals surface area contributed by atoms with Crippen LogP contribution >= 0.6 is 11.6 Å². The van der Waals surface area contributed by atoms with Crippen molar-refractivity contribution < 1.29 is 0 Å². The molecule has 1 rings (SSSR count). The van der Waals surface area contributed by atoms with E-state index in [1.54, 1.807) is 0 Å². The minimum absolute atomic E-state index is 0.427. The van der Waals surface area contributed by atoms with Crippen LogP contribution in [-0.4, -0.2) is 23.9 Å². The number of alkyl halides is 1. The first-order valence-corrected chi connectivity index (χ1v) is 4.92. The summed E-state index contributed by atoms with van der Waals surface area (Å²) in [4.78, 5) is 2.04. The lowest BCUT2D eigenvalue weighted by Gasteiger charge is -2.16. The number of halogens is 1. The Bertz CT molecular complexity index is 305. The van der Waals surface area contributed by atoms with Gasteiger partial charge in [-0.05, 0) is 12.6 Å². The summed E-state index contributed by atoms with van der Waals surface area (Å²) in [6, 6.07) is 12.1. The molecule has 0 radical (unpaired) electrons. The van der Waals surface area contributed by atoms with Crippen LogP contribution < -0.4 is 0 Å². The molecule has 0 amide bonds. The van der Waals surface area contributed by atoms with E-state index in [1.165, 1.54) is 5.56 Å². The average Bonchev–Trinajstić information content (AvgIpc) is 2.19. The molecule has 14 heavy (non-hydrogen) atoms. The number of hydrogen-bond donors (Lipinski definition) is 0. The first-order chi connectivity index (χ1) is 6.72. The SMILES string of the molecule is CN(Cc1ccccc1)CC(Cl)C#N. The number of benzene rings is 1. The van der Waals surface area contributed by atoms with Crippen LogP contribution in [0.3, 0.4) is 0 Å². The highest BCUT2D eigenvalue weighted by Gasteiger charge is 2.06. The second-order valence-electron chi connectivity index (χ2n) is 3.28. The molecule has 2 nitrogen and oxygen atoms in total. The quantitative estimate of drug-likeness (QED) is 0.710. The second kappa shape index (κ2) is 5.64. The molecule has 0 fully saturated rings. The Balaban J connectivity index is 2.42. The van der Waals surface area contributed by atoms with E-state index >= 15 is 0 Å². The van der Waals surface area contributed by atoms with Crippen LogP contribution in [-0.2, 0) is 6.54 Å². The fourth-order valence-electron chi connectivity index (χ4n) is 1.27. The van der Waals surface area contributed by atoms with Gasteiger partial charge in [-0.3, -0.25) is 4.90 Å². The van der Waals surface area contributed by atoms with Crippen molar-refractivity contribution in [2.24, 2.45) is 0 Å². The van der Waals surface area contributed by atoms with E-state index < -0.39 is 5.38 Å². The van der Waals surface area contributed by atoms with E-state index in [0.29, 0.717) is 6.54 Å². The van der Waals surface area contributed by atoms with Gasteiger partial charge in [0.25, 0.3) is 0 Å². The van der Waals surface area contributed by atoms with Gasteiger partial charge in [0.05, 0.1) is 6.07 Å². The molecule has 0 saturated heterocycles. The Labute approximate surface area is 89.7 Å². The fraction of sp³-hybridized carbons (Fsp3) is 0.364. The molecular formula is C11H13ClN2. The minimum Gasteiger partial charge on any atom is -0.300 e. The van der Waals surface area contributed by atoms with Crippen molar-refractivity contribution in [2.75, 3.05) is 13.6 Å². The predicted molar refractivity (Wildman–Crippen MR) is 58.0 cm³/mol. The van der Waals surface area contributed by atoms with Crippen LogP contribution in [0.1, 0.15) is 5.56 Å². The topological polar surface area (TPSA) is 27.0 Å². The third-order valence-corrected chi connectivity index (χ3v) is 2.14. The zero-order chi connectivity index (χ0) is 10.4. The normalized spacial score (nSPS) is 12.4. The van der Waals surface area contributed by atoms with Gasteiger partial charge in [-0.2, -0.15) is 5.26 Å². The van der Waals surface area contributed by atoms with Crippen molar-refractivity contribution in [1.82, 2.24) is 4.90 Å². The van der Waals surface area contributed by atoms with Gasteiger partial charge in [0.15, 0.2) is 0 Å². The Hall–Kier alpha value is -1.04. The summed E-state index contributed by atoms with van der Waals surface area (Å²) < 4.78 is 0. The standard InChI is InChI=1S/C11H13ClN2/c1-14(9-11(12)7-13)8-10-5-3-2-4-6-10/h2-6,11H,8-9H2,1H3. The van der Waals surface area contributed by atoms with Crippen molar-refractivity contribution in [3.63, 3.8) is 0 Å². The van der Waals surface area contributed by atoms with Gasteiger partial charge < -0.3 is 0 Å². The molecule has 3 heteroatoms. The molecule has 0 aliphatic carbocycles. The molecule has 0 aromatic heterocycles. The van der Waals surface area contributed by atoms with Crippen LogP contribution in [0.25, 0.3) is 0 Å². The molecule has 1 atom stereocenters. The molecule has 0 saturated carbocycles. The van der Waals surface area contributed by atoms with Crippen LogP contribution in [0, 0.1) is 11.3 Å². The monoisotopic (exact) mass is 208 g/mol. The lowest BCUT2D eigenvalue weighted by Crippen LogP contribution is -2.24. The van der Waals surface area contributed by atoms with Crippen LogP contribution in [0.4, 0.5) is 0 Å². The Morgan fingerprint density at radius 3 is 2.64 bits per heavy atom. The number of rotatable bonds is 4. The smallest absolute Gasteiger partial charge is 0.133 e. The molecule has 1 aromatic carbocycles. The molecule has 0 spiro atoms. The summed E-state index contributed by atoms with van der Waals surface area (Å²) in [5.74, 6) is 0. The van der Waals surface area contributed by atoms with E-state index in [4.69, 9.17) is 16.9 Å². The third-order valence-electron chi connectivity index (χ3n) is 1.91. The van der Waals surface area contributed by atoms with Gasteiger partial charge in [0.2, 0.25) is 0 Å². The van der Waals surface area contributed by atoms with Crippen LogP contribution in [0.5, 0.6) is 0 Å². The second-order valence-corrected chi connectivity index (χ2v) is 3.81. The summed E-state index contributed by atoms with van der Waals surface area (Å²) in [7, 11) is 1.96. The Morgan fingerprint density at radius 1 is 1.43 bits per heavy atom. The molecule has 0 aliphatic rings. The van der Waals surface area contributed by atoms with Crippen LogP contribution in [0.2, 0.25) is 0 Å². The van der Waals surface area contributed by atoms with Gasteiger partial charge in [-0.25, -0.2) is 0 Å². The van der Waals surface area contributed by atoms with Gasteiger partial charge in [0.1, 0.15) is 5.38 Å². The van der Waals surface area contributed by atoms with E-state index in [9.17, 15) is 0 Å². The lowest BCUT2D eigenvalue weighted by atomic mass is 10.2. The summed E-state index contributed by atoms with van der Waals surface area (Å²) in [5, 5.41) is 8.11. The van der Waals surface area contributed by atoms with Crippen molar-refractivity contribution in [2.45, 2.75) is 11.9 Å². The summed E-state index contributed by atoms with van der Waals surface area (Å²) in [6.07, 6.45) is 0. The highest BCUT2D eigenvalue weighted by molar-refractivity contribution is 6.22. The number of nitrogens with zero attached hydrogens (tertiary/aromatic N) is 2. The maximum absolute atomic E-state index is 8.54. The lowest BCUT2D eigenvalue weighted by molar-refractivity contribution is 0.337. The van der Waals surface area contributed by atoms with Gasteiger partial charge in [-0.1, -0.05) is 30.3 Å². The van der Waals surface area contributed by atoms with E-state index in [-0.39, 0.29) is 0 Å². The largest absolute Gasteiger partial charge is 0.300 e. The molecule has 0 aliphatic heterocycles. The molecule has 0 bridgehead atoms. The number of hydrogen-bond acceptors (Lipinski definition) is 2. The van der Waals surface area contributed by atoms with E-state index in [2.05, 4.69) is 12.1 Å². The molecular weight excluding hydrogens is 196 g/mol. The van der Waals surface area contributed by atoms with Gasteiger partial charge in [-0.15, -0.1) is 11.6 Å². The predicted octanol–water partition coefficient (Wildman–Crippen LogP) is 2.25. The van der Waals surface area contributed by atoms with Crippen molar-refractivity contribution in [3.8, 4) is 6.07 Å². The summed E-state index contributed by atoms with van der Waals surface area (Å²) in [5.41, 5.74) is 1.23. The highest BCUT2D eigenvalue weighted by atomic mass is 35.5. The zero-order valence-corrected chi connectivity index (χ0v) is 8.91.